The van der Waals surface area contributed by atoms with Gasteiger partial charge >= 0.3 is 5.97 Å². The van der Waals surface area contributed by atoms with Gasteiger partial charge in [-0.05, 0) is 11.4 Å². The van der Waals surface area contributed by atoms with E-state index in [2.05, 4.69) is 10.2 Å². The number of hydrogen-bond donors (Lipinski definition) is 3. The summed E-state index contributed by atoms with van der Waals surface area (Å²) in [5.41, 5.74) is 2.01. The number of carbonyl (C=O) groups is 3. The van der Waals surface area contributed by atoms with Gasteiger partial charge in [0.2, 0.25) is 11.8 Å². The highest BCUT2D eigenvalue weighted by atomic mass is 32.1. The van der Waals surface area contributed by atoms with Crippen LogP contribution < -0.4 is 10.8 Å². The topological polar surface area (TPSA) is 105 Å². The van der Waals surface area contributed by atoms with Crippen LogP contribution in [0, 0.1) is 0 Å². The van der Waals surface area contributed by atoms with Crippen LogP contribution in [0.4, 0.5) is 0 Å². The molecule has 8 heteroatoms. The molecule has 2 amide bonds. The van der Waals surface area contributed by atoms with Crippen molar-refractivity contribution in [3.05, 3.63) is 22.4 Å². The van der Waals surface area contributed by atoms with Gasteiger partial charge in [0.15, 0.2) is 6.61 Å². The molecule has 19 heavy (non-hydrogen) atoms. The van der Waals surface area contributed by atoms with Crippen LogP contribution >= 0.6 is 11.3 Å². The zero-order valence-electron chi connectivity index (χ0n) is 10.2. The summed E-state index contributed by atoms with van der Waals surface area (Å²) in [4.78, 5) is 38.1. The van der Waals surface area contributed by atoms with Crippen LogP contribution in [0.25, 0.3) is 0 Å². The van der Waals surface area contributed by atoms with Gasteiger partial charge in [0, 0.05) is 11.8 Å². The molecule has 0 saturated carbocycles. The highest BCUT2D eigenvalue weighted by Gasteiger charge is 2.18. The van der Waals surface area contributed by atoms with E-state index < -0.39 is 24.5 Å². The molecule has 0 aliphatic carbocycles. The molecular formula is C11H14N2O5S. The van der Waals surface area contributed by atoms with Gasteiger partial charge in [0.1, 0.15) is 0 Å². The zero-order chi connectivity index (χ0) is 14.3. The number of carboxylic acids is 1. The fourth-order valence-corrected chi connectivity index (χ4v) is 2.14. The Balaban J connectivity index is 2.50. The molecule has 0 bridgehead atoms. The van der Waals surface area contributed by atoms with Crippen molar-refractivity contribution in [2.24, 2.45) is 0 Å². The van der Waals surface area contributed by atoms with E-state index in [0.717, 1.165) is 4.88 Å². The molecule has 1 unspecified atom stereocenters. The van der Waals surface area contributed by atoms with Gasteiger partial charge in [-0.25, -0.2) is 10.3 Å². The third kappa shape index (κ3) is 5.98. The van der Waals surface area contributed by atoms with Gasteiger partial charge in [-0.3, -0.25) is 14.4 Å². The molecule has 104 valence electrons. The Labute approximate surface area is 113 Å². The normalized spacial score (nSPS) is 11.6. The Morgan fingerprint density at radius 2 is 2.21 bits per heavy atom. The van der Waals surface area contributed by atoms with E-state index in [1.165, 1.54) is 18.3 Å². The number of carbonyl (C=O) groups excluding carboxylic acids is 2. The molecule has 1 heterocycles. The van der Waals surface area contributed by atoms with E-state index >= 15 is 0 Å². The molecule has 1 atom stereocenters. The number of thiophene rings is 1. The molecule has 0 radical (unpaired) electrons. The van der Waals surface area contributed by atoms with Crippen LogP contribution in [0.1, 0.15) is 24.3 Å². The Morgan fingerprint density at radius 1 is 1.47 bits per heavy atom. The van der Waals surface area contributed by atoms with Crippen LogP contribution in [0.2, 0.25) is 0 Å². The average Bonchev–Trinajstić information content (AvgIpc) is 2.80. The number of aliphatic carboxylic acids is 1. The molecule has 1 aromatic heterocycles. The van der Waals surface area contributed by atoms with Crippen molar-refractivity contribution in [2.75, 3.05) is 6.61 Å². The molecule has 0 spiro atoms. The van der Waals surface area contributed by atoms with Crippen LogP contribution in [0.15, 0.2) is 17.5 Å². The molecule has 1 rings (SSSR count). The van der Waals surface area contributed by atoms with Crippen molar-refractivity contribution in [2.45, 2.75) is 19.4 Å². The molecule has 1 aromatic rings. The first-order valence-corrected chi connectivity index (χ1v) is 6.30. The van der Waals surface area contributed by atoms with Crippen LogP contribution in [0.3, 0.4) is 0 Å². The fourth-order valence-electron chi connectivity index (χ4n) is 1.36. The van der Waals surface area contributed by atoms with E-state index in [1.54, 1.807) is 6.07 Å². The van der Waals surface area contributed by atoms with Gasteiger partial charge < -0.3 is 10.4 Å². The van der Waals surface area contributed by atoms with Crippen molar-refractivity contribution in [1.82, 2.24) is 10.8 Å². The lowest BCUT2D eigenvalue weighted by Crippen LogP contribution is -2.33. The first kappa shape index (κ1) is 15.1. The largest absolute Gasteiger partial charge is 0.479 e. The second kappa shape index (κ2) is 7.49. The highest BCUT2D eigenvalue weighted by molar-refractivity contribution is 7.10. The quantitative estimate of drug-likeness (QED) is 0.631. The van der Waals surface area contributed by atoms with E-state index in [4.69, 9.17) is 5.11 Å². The minimum absolute atomic E-state index is 0.0281. The summed E-state index contributed by atoms with van der Waals surface area (Å²) in [7, 11) is 0. The van der Waals surface area contributed by atoms with Gasteiger partial charge in [-0.2, -0.15) is 0 Å². The molecule has 0 saturated heterocycles. The number of amides is 2. The van der Waals surface area contributed by atoms with E-state index in [9.17, 15) is 14.4 Å². The summed E-state index contributed by atoms with van der Waals surface area (Å²) >= 11 is 1.41. The van der Waals surface area contributed by atoms with Crippen molar-refractivity contribution in [1.29, 1.82) is 0 Å². The Kier molecular flexibility index (Phi) is 5.97. The van der Waals surface area contributed by atoms with Crippen molar-refractivity contribution >= 4 is 29.1 Å². The number of hydroxylamine groups is 1. The maximum Gasteiger partial charge on any atom is 0.332 e. The standard InChI is InChI=1S/C11H14N2O5S/c1-7(14)12-8(9-3-2-4-19-9)5-10(15)13-18-6-11(16)17/h2-4,8H,5-6H2,1H3,(H,12,14)(H,13,15)(H,16,17). The summed E-state index contributed by atoms with van der Waals surface area (Å²) in [5.74, 6) is -1.94. The van der Waals surface area contributed by atoms with Crippen LogP contribution in [-0.2, 0) is 19.2 Å². The predicted octanol–water partition coefficient (Wildman–Crippen LogP) is 0.448. The molecule has 0 fully saturated rings. The van der Waals surface area contributed by atoms with Crippen molar-refractivity contribution in [3.63, 3.8) is 0 Å². The first-order valence-electron chi connectivity index (χ1n) is 5.42. The van der Waals surface area contributed by atoms with Gasteiger partial charge in [0.25, 0.3) is 0 Å². The fraction of sp³-hybridized carbons (Fsp3) is 0.364. The summed E-state index contributed by atoms with van der Waals surface area (Å²) < 4.78 is 0. The van der Waals surface area contributed by atoms with Crippen molar-refractivity contribution in [3.8, 4) is 0 Å². The van der Waals surface area contributed by atoms with Crippen molar-refractivity contribution < 1.29 is 24.3 Å². The third-order valence-electron chi connectivity index (χ3n) is 2.04. The Hall–Kier alpha value is -1.93. The predicted molar refractivity (Wildman–Crippen MR) is 67.2 cm³/mol. The lowest BCUT2D eigenvalue weighted by atomic mass is 10.1. The minimum atomic E-state index is -1.18. The smallest absolute Gasteiger partial charge is 0.332 e. The van der Waals surface area contributed by atoms with Gasteiger partial charge in [-0.15, -0.1) is 11.3 Å². The summed E-state index contributed by atoms with van der Waals surface area (Å²) in [5, 5.41) is 12.8. The Morgan fingerprint density at radius 3 is 2.74 bits per heavy atom. The number of nitrogens with one attached hydrogen (secondary N) is 2. The van der Waals surface area contributed by atoms with Gasteiger partial charge in [-0.1, -0.05) is 6.07 Å². The monoisotopic (exact) mass is 286 g/mol. The number of rotatable bonds is 7. The molecule has 0 aliphatic rings. The summed E-state index contributed by atoms with van der Waals surface area (Å²) in [6.45, 7) is 0.745. The van der Waals surface area contributed by atoms with E-state index in [1.807, 2.05) is 16.9 Å². The van der Waals surface area contributed by atoms with Crippen LogP contribution in [0.5, 0.6) is 0 Å². The summed E-state index contributed by atoms with van der Waals surface area (Å²) in [6, 6.07) is 3.16. The molecule has 0 aliphatic heterocycles. The minimum Gasteiger partial charge on any atom is -0.479 e. The molecule has 7 nitrogen and oxygen atoms in total. The number of carboxylic acid groups (broad SMARTS) is 1. The lowest BCUT2D eigenvalue weighted by molar-refractivity contribution is -0.149. The Bertz CT molecular complexity index is 446. The summed E-state index contributed by atoms with van der Waals surface area (Å²) in [6.07, 6.45) is -0.0281. The first-order chi connectivity index (χ1) is 8.99. The second-order valence-electron chi connectivity index (χ2n) is 3.68. The third-order valence-corrected chi connectivity index (χ3v) is 3.02. The highest BCUT2D eigenvalue weighted by Crippen LogP contribution is 2.21. The molecule has 0 aromatic carbocycles. The van der Waals surface area contributed by atoms with E-state index in [0.29, 0.717) is 0 Å². The van der Waals surface area contributed by atoms with Crippen LogP contribution in [-0.4, -0.2) is 29.5 Å². The maximum atomic E-state index is 11.5. The second-order valence-corrected chi connectivity index (χ2v) is 4.66. The van der Waals surface area contributed by atoms with Gasteiger partial charge in [0.05, 0.1) is 12.5 Å². The molecule has 3 N–H and O–H groups in total. The maximum absolute atomic E-state index is 11.5. The SMILES string of the molecule is CC(=O)NC(CC(=O)NOCC(=O)O)c1cccs1. The number of hydrogen-bond acceptors (Lipinski definition) is 5. The zero-order valence-corrected chi connectivity index (χ0v) is 11.0. The lowest BCUT2D eigenvalue weighted by Gasteiger charge is -2.15. The van der Waals surface area contributed by atoms with E-state index in [-0.39, 0.29) is 12.3 Å². The average molecular weight is 286 g/mol. The molecular weight excluding hydrogens is 272 g/mol.